The summed E-state index contributed by atoms with van der Waals surface area (Å²) in [5.74, 6) is 0.349. The van der Waals surface area contributed by atoms with Crippen molar-refractivity contribution in [3.63, 3.8) is 0 Å². The first-order valence-electron chi connectivity index (χ1n) is 10.6. The number of carbonyl (C=O) groups is 2. The summed E-state index contributed by atoms with van der Waals surface area (Å²) < 4.78 is 1.78. The maximum atomic E-state index is 13.0. The Hall–Kier alpha value is -3.23. The van der Waals surface area contributed by atoms with Gasteiger partial charge in [-0.25, -0.2) is 4.52 Å². The lowest BCUT2D eigenvalue weighted by Gasteiger charge is -2.31. The number of hydrogen-bond donors (Lipinski definition) is 1. The first-order valence-corrected chi connectivity index (χ1v) is 10.6. The van der Waals surface area contributed by atoms with E-state index in [1.54, 1.807) is 10.7 Å². The predicted molar refractivity (Wildman–Crippen MR) is 109 cm³/mol. The Morgan fingerprint density at radius 3 is 2.47 bits per heavy atom. The van der Waals surface area contributed by atoms with Gasteiger partial charge in [-0.1, -0.05) is 0 Å². The number of likely N-dealkylation sites (tertiary alicyclic amines) is 2. The van der Waals surface area contributed by atoms with E-state index in [-0.39, 0.29) is 11.8 Å². The molecule has 9 nitrogen and oxygen atoms in total. The van der Waals surface area contributed by atoms with E-state index in [0.717, 1.165) is 44.3 Å². The molecule has 3 aromatic rings. The highest BCUT2D eigenvalue weighted by Gasteiger charge is 2.27. The van der Waals surface area contributed by atoms with Gasteiger partial charge in [0.2, 0.25) is 0 Å². The molecule has 3 aromatic heterocycles. The molecule has 0 aromatic carbocycles. The molecule has 2 amide bonds. The lowest BCUT2D eigenvalue weighted by molar-refractivity contribution is 0.0704. The molecule has 0 radical (unpaired) electrons. The molecule has 0 unspecified atom stereocenters. The van der Waals surface area contributed by atoms with Gasteiger partial charge in [-0.3, -0.25) is 9.59 Å². The quantitative estimate of drug-likeness (QED) is 0.717. The van der Waals surface area contributed by atoms with Gasteiger partial charge in [-0.15, -0.1) is 0 Å². The van der Waals surface area contributed by atoms with E-state index in [0.29, 0.717) is 30.3 Å². The number of carbonyl (C=O) groups excluding carboxylic acids is 2. The van der Waals surface area contributed by atoms with E-state index in [1.165, 1.54) is 18.2 Å². The van der Waals surface area contributed by atoms with Crippen molar-refractivity contribution >= 4 is 17.3 Å². The third-order valence-electron chi connectivity index (χ3n) is 6.31. The Bertz CT molecular complexity index is 1040. The molecular formula is C21H25N7O2. The Morgan fingerprint density at radius 1 is 0.967 bits per heavy atom. The van der Waals surface area contributed by atoms with Crippen LogP contribution in [0, 0.1) is 0 Å². The summed E-state index contributed by atoms with van der Waals surface area (Å²) >= 11 is 0. The smallest absolute Gasteiger partial charge is 0.276 e. The Morgan fingerprint density at radius 2 is 1.73 bits per heavy atom. The molecule has 2 saturated heterocycles. The first-order chi connectivity index (χ1) is 14.7. The highest BCUT2D eigenvalue weighted by Crippen LogP contribution is 2.30. The standard InChI is InChI=1S/C21H25N7O2/c29-20(26-7-2-1-3-8-26)17-13-23-28-11-6-16(12-19(17)28)15-4-9-27(10-5-15)21(30)18-14-22-25-24-18/h6,11-15H,1-5,7-10H2,(H,22,24,25). The molecule has 2 aliphatic heterocycles. The van der Waals surface area contributed by atoms with E-state index in [2.05, 4.69) is 32.6 Å². The number of hydrogen-bond acceptors (Lipinski definition) is 5. The van der Waals surface area contributed by atoms with Crippen LogP contribution in [0.2, 0.25) is 0 Å². The van der Waals surface area contributed by atoms with Gasteiger partial charge >= 0.3 is 0 Å². The average Bonchev–Trinajstić information content (AvgIpc) is 3.49. The van der Waals surface area contributed by atoms with E-state index in [9.17, 15) is 9.59 Å². The number of nitrogens with one attached hydrogen (secondary N) is 1. The lowest BCUT2D eigenvalue weighted by Crippen LogP contribution is -2.38. The molecule has 0 aliphatic carbocycles. The van der Waals surface area contributed by atoms with Crippen molar-refractivity contribution in [2.45, 2.75) is 38.0 Å². The van der Waals surface area contributed by atoms with Crippen LogP contribution >= 0.6 is 0 Å². The summed E-state index contributed by atoms with van der Waals surface area (Å²) in [6, 6.07) is 4.18. The second-order valence-corrected chi connectivity index (χ2v) is 8.12. The summed E-state index contributed by atoms with van der Waals surface area (Å²) in [6.07, 6.45) is 10.2. The highest BCUT2D eigenvalue weighted by atomic mass is 16.2. The van der Waals surface area contributed by atoms with E-state index in [1.807, 2.05) is 16.0 Å². The van der Waals surface area contributed by atoms with Crippen LogP contribution in [-0.2, 0) is 0 Å². The molecule has 2 fully saturated rings. The lowest BCUT2D eigenvalue weighted by atomic mass is 9.89. The molecule has 0 atom stereocenters. The monoisotopic (exact) mass is 407 g/mol. The summed E-state index contributed by atoms with van der Waals surface area (Å²) in [5, 5.41) is 14.5. The van der Waals surface area contributed by atoms with Crippen molar-refractivity contribution in [1.29, 1.82) is 0 Å². The molecular weight excluding hydrogens is 382 g/mol. The second-order valence-electron chi connectivity index (χ2n) is 8.12. The molecule has 5 rings (SSSR count). The summed E-state index contributed by atoms with van der Waals surface area (Å²) in [7, 11) is 0. The SMILES string of the molecule is O=C(c1cn[nH]n1)N1CCC(c2ccn3ncc(C(=O)N4CCCCC4)c3c2)CC1. The van der Waals surface area contributed by atoms with Gasteiger partial charge < -0.3 is 9.80 Å². The Kier molecular flexibility index (Phi) is 4.94. The molecule has 0 spiro atoms. The van der Waals surface area contributed by atoms with Crippen LogP contribution in [-0.4, -0.2) is 72.8 Å². The third-order valence-corrected chi connectivity index (χ3v) is 6.31. The zero-order valence-electron chi connectivity index (χ0n) is 16.8. The minimum Gasteiger partial charge on any atom is -0.339 e. The highest BCUT2D eigenvalue weighted by molar-refractivity contribution is 6.00. The zero-order valence-corrected chi connectivity index (χ0v) is 16.8. The zero-order chi connectivity index (χ0) is 20.5. The average molecular weight is 407 g/mol. The Labute approximate surface area is 174 Å². The minimum atomic E-state index is -0.0807. The normalized spacial score (nSPS) is 18.1. The molecule has 5 heterocycles. The van der Waals surface area contributed by atoms with Gasteiger partial charge in [0.25, 0.3) is 11.8 Å². The number of rotatable bonds is 3. The minimum absolute atomic E-state index is 0.0786. The van der Waals surface area contributed by atoms with E-state index in [4.69, 9.17) is 0 Å². The number of aromatic amines is 1. The number of amides is 2. The predicted octanol–water partition coefficient (Wildman–Crippen LogP) is 2.10. The summed E-state index contributed by atoms with van der Waals surface area (Å²) in [5.41, 5.74) is 3.10. The van der Waals surface area contributed by atoms with E-state index < -0.39 is 0 Å². The van der Waals surface area contributed by atoms with Crippen LogP contribution in [0.4, 0.5) is 0 Å². The van der Waals surface area contributed by atoms with Crippen molar-refractivity contribution in [2.24, 2.45) is 0 Å². The van der Waals surface area contributed by atoms with Crippen molar-refractivity contribution in [3.05, 3.63) is 47.5 Å². The maximum absolute atomic E-state index is 13.0. The summed E-state index contributed by atoms with van der Waals surface area (Å²) in [6.45, 7) is 3.02. The largest absolute Gasteiger partial charge is 0.339 e. The number of nitrogens with zero attached hydrogens (tertiary/aromatic N) is 6. The second kappa shape index (κ2) is 7.89. The van der Waals surface area contributed by atoms with Crippen LogP contribution < -0.4 is 0 Å². The number of fused-ring (bicyclic) bond motifs is 1. The fourth-order valence-electron chi connectivity index (χ4n) is 4.57. The van der Waals surface area contributed by atoms with Crippen molar-refractivity contribution < 1.29 is 9.59 Å². The van der Waals surface area contributed by atoms with Gasteiger partial charge in [0.15, 0.2) is 5.69 Å². The Balaban J connectivity index is 1.32. The van der Waals surface area contributed by atoms with Gasteiger partial charge in [-0.2, -0.15) is 20.5 Å². The van der Waals surface area contributed by atoms with Crippen LogP contribution in [0.25, 0.3) is 5.52 Å². The van der Waals surface area contributed by atoms with Crippen LogP contribution in [0.5, 0.6) is 0 Å². The number of aromatic nitrogens is 5. The molecule has 0 bridgehead atoms. The number of H-pyrrole nitrogens is 1. The fraction of sp³-hybridized carbons (Fsp3) is 0.476. The topological polar surface area (TPSA) is 99.5 Å². The fourth-order valence-corrected chi connectivity index (χ4v) is 4.57. The van der Waals surface area contributed by atoms with Crippen molar-refractivity contribution in [1.82, 2.24) is 34.8 Å². The molecule has 0 saturated carbocycles. The van der Waals surface area contributed by atoms with Gasteiger partial charge in [-0.05, 0) is 55.7 Å². The molecule has 156 valence electrons. The van der Waals surface area contributed by atoms with Crippen molar-refractivity contribution in [2.75, 3.05) is 26.2 Å². The van der Waals surface area contributed by atoms with E-state index >= 15 is 0 Å². The van der Waals surface area contributed by atoms with Gasteiger partial charge in [0.1, 0.15) is 0 Å². The van der Waals surface area contributed by atoms with Crippen LogP contribution in [0.15, 0.2) is 30.7 Å². The van der Waals surface area contributed by atoms with Crippen molar-refractivity contribution in [3.8, 4) is 0 Å². The third kappa shape index (κ3) is 3.44. The molecule has 30 heavy (non-hydrogen) atoms. The van der Waals surface area contributed by atoms with Crippen LogP contribution in [0.1, 0.15) is 64.4 Å². The molecule has 9 heteroatoms. The van der Waals surface area contributed by atoms with Gasteiger partial charge in [0.05, 0.1) is 23.5 Å². The number of pyridine rings is 1. The molecule has 2 aliphatic rings. The van der Waals surface area contributed by atoms with Gasteiger partial charge in [0, 0.05) is 32.4 Å². The number of piperidine rings is 2. The first kappa shape index (κ1) is 18.8. The molecule has 1 N–H and O–H groups in total. The maximum Gasteiger partial charge on any atom is 0.276 e. The summed E-state index contributed by atoms with van der Waals surface area (Å²) in [4.78, 5) is 29.2. The van der Waals surface area contributed by atoms with Crippen LogP contribution in [0.3, 0.4) is 0 Å².